The number of hydrogen-bond donors (Lipinski definition) is 1. The number of nitro groups is 1. The molecule has 8 heteroatoms. The standard InChI is InChI=1S/C11H6BrFN2O3S/c12-10-4-3-9(19-10)11(16)14-8-5-6(15(17)18)1-2-7(8)13/h1-5H,(H,14,16). The minimum absolute atomic E-state index is 0.219. The number of halogens is 2. The van der Waals surface area contributed by atoms with Gasteiger partial charge in [0.05, 0.1) is 19.3 Å². The number of nitrogens with one attached hydrogen (secondary N) is 1. The zero-order valence-electron chi connectivity index (χ0n) is 9.22. The van der Waals surface area contributed by atoms with Crippen LogP contribution < -0.4 is 5.32 Å². The minimum atomic E-state index is -0.727. The molecule has 0 atom stereocenters. The third kappa shape index (κ3) is 3.15. The van der Waals surface area contributed by atoms with Crippen molar-refractivity contribution in [3.63, 3.8) is 0 Å². The van der Waals surface area contributed by atoms with E-state index in [1.807, 2.05) is 0 Å². The molecule has 5 nitrogen and oxygen atoms in total. The van der Waals surface area contributed by atoms with Crippen molar-refractivity contribution >= 4 is 44.5 Å². The first-order valence-corrected chi connectivity index (χ1v) is 6.59. The van der Waals surface area contributed by atoms with E-state index in [1.54, 1.807) is 12.1 Å². The number of carbonyl (C=O) groups excluding carboxylic acids is 1. The van der Waals surface area contributed by atoms with E-state index in [1.165, 1.54) is 11.3 Å². The summed E-state index contributed by atoms with van der Waals surface area (Å²) in [6.07, 6.45) is 0. The van der Waals surface area contributed by atoms with Crippen molar-refractivity contribution in [1.82, 2.24) is 0 Å². The summed E-state index contributed by atoms with van der Waals surface area (Å²) in [6.45, 7) is 0. The van der Waals surface area contributed by atoms with Crippen LogP contribution in [-0.2, 0) is 0 Å². The van der Waals surface area contributed by atoms with Crippen LogP contribution in [0.15, 0.2) is 34.1 Å². The number of nitro benzene ring substituents is 1. The maximum atomic E-state index is 13.5. The molecule has 98 valence electrons. The van der Waals surface area contributed by atoms with Gasteiger partial charge in [0.25, 0.3) is 11.6 Å². The molecule has 1 heterocycles. The molecule has 0 unspecified atom stereocenters. The number of nitrogens with zero attached hydrogens (tertiary/aromatic N) is 1. The van der Waals surface area contributed by atoms with E-state index in [-0.39, 0.29) is 11.4 Å². The molecule has 1 aromatic heterocycles. The second-order valence-electron chi connectivity index (χ2n) is 3.48. The van der Waals surface area contributed by atoms with E-state index in [4.69, 9.17) is 0 Å². The molecule has 0 aliphatic carbocycles. The van der Waals surface area contributed by atoms with Crippen molar-refractivity contribution in [1.29, 1.82) is 0 Å². The molecule has 0 saturated carbocycles. The van der Waals surface area contributed by atoms with Gasteiger partial charge < -0.3 is 5.32 Å². The Morgan fingerprint density at radius 2 is 2.11 bits per heavy atom. The molecule has 1 aromatic carbocycles. The van der Waals surface area contributed by atoms with Gasteiger partial charge >= 0.3 is 0 Å². The summed E-state index contributed by atoms with van der Waals surface area (Å²) >= 11 is 4.39. The predicted octanol–water partition coefficient (Wildman–Crippen LogP) is 3.81. The van der Waals surface area contributed by atoms with Crippen LogP contribution in [0.5, 0.6) is 0 Å². The molecule has 0 radical (unpaired) electrons. The van der Waals surface area contributed by atoms with Crippen LogP contribution >= 0.6 is 27.3 Å². The molecule has 19 heavy (non-hydrogen) atoms. The summed E-state index contributed by atoms with van der Waals surface area (Å²) in [7, 11) is 0. The van der Waals surface area contributed by atoms with Crippen molar-refractivity contribution in [2.24, 2.45) is 0 Å². The first kappa shape index (κ1) is 13.6. The van der Waals surface area contributed by atoms with Crippen molar-refractivity contribution in [2.75, 3.05) is 5.32 Å². The van der Waals surface area contributed by atoms with E-state index in [9.17, 15) is 19.3 Å². The Morgan fingerprint density at radius 3 is 2.68 bits per heavy atom. The van der Waals surface area contributed by atoms with Gasteiger partial charge in [0.15, 0.2) is 0 Å². The lowest BCUT2D eigenvalue weighted by atomic mass is 10.2. The quantitative estimate of drug-likeness (QED) is 0.679. The Labute approximate surface area is 119 Å². The molecular weight excluding hydrogens is 339 g/mol. The maximum Gasteiger partial charge on any atom is 0.271 e. The molecule has 2 rings (SSSR count). The number of thiophene rings is 1. The van der Waals surface area contributed by atoms with Gasteiger partial charge in [-0.25, -0.2) is 4.39 Å². The van der Waals surface area contributed by atoms with Gasteiger partial charge in [-0.15, -0.1) is 11.3 Å². The van der Waals surface area contributed by atoms with E-state index in [0.29, 0.717) is 4.88 Å². The van der Waals surface area contributed by atoms with Gasteiger partial charge in [0.2, 0.25) is 0 Å². The predicted molar refractivity (Wildman–Crippen MR) is 73.0 cm³/mol. The molecule has 0 spiro atoms. The van der Waals surface area contributed by atoms with Gasteiger partial charge in [0.1, 0.15) is 5.82 Å². The molecule has 0 aliphatic heterocycles. The third-order valence-electron chi connectivity index (χ3n) is 2.21. The van der Waals surface area contributed by atoms with Crippen LogP contribution in [0.4, 0.5) is 15.8 Å². The van der Waals surface area contributed by atoms with Crippen LogP contribution in [0, 0.1) is 15.9 Å². The number of rotatable bonds is 3. The minimum Gasteiger partial charge on any atom is -0.319 e. The van der Waals surface area contributed by atoms with Gasteiger partial charge in [0, 0.05) is 12.1 Å². The van der Waals surface area contributed by atoms with E-state index in [0.717, 1.165) is 22.0 Å². The molecule has 1 amide bonds. The van der Waals surface area contributed by atoms with Crippen LogP contribution in [0.2, 0.25) is 0 Å². The van der Waals surface area contributed by atoms with Crippen LogP contribution in [0.25, 0.3) is 0 Å². The Hall–Kier alpha value is -1.80. The summed E-state index contributed by atoms with van der Waals surface area (Å²) < 4.78 is 14.2. The van der Waals surface area contributed by atoms with Crippen molar-refractivity contribution in [2.45, 2.75) is 0 Å². The SMILES string of the molecule is O=C(Nc1cc([N+](=O)[O-])ccc1F)c1ccc(Br)s1. The average molecular weight is 345 g/mol. The molecule has 2 aromatic rings. The monoisotopic (exact) mass is 344 g/mol. The highest BCUT2D eigenvalue weighted by Crippen LogP contribution is 2.25. The number of anilines is 1. The van der Waals surface area contributed by atoms with Crippen molar-refractivity contribution in [3.05, 3.63) is 54.9 Å². The van der Waals surface area contributed by atoms with Crippen molar-refractivity contribution < 1.29 is 14.1 Å². The topological polar surface area (TPSA) is 72.2 Å². The fraction of sp³-hybridized carbons (Fsp3) is 0. The maximum absolute atomic E-state index is 13.5. The van der Waals surface area contributed by atoms with Gasteiger partial charge in [-0.3, -0.25) is 14.9 Å². The van der Waals surface area contributed by atoms with E-state index >= 15 is 0 Å². The second-order valence-corrected chi connectivity index (χ2v) is 5.94. The van der Waals surface area contributed by atoms with E-state index < -0.39 is 16.6 Å². The molecule has 0 bridgehead atoms. The number of amides is 1. The Kier molecular flexibility index (Phi) is 3.91. The number of benzene rings is 1. The summed E-state index contributed by atoms with van der Waals surface area (Å²) in [4.78, 5) is 22.1. The molecule has 0 aliphatic rings. The zero-order chi connectivity index (χ0) is 14.0. The first-order chi connectivity index (χ1) is 8.97. The fourth-order valence-electron chi connectivity index (χ4n) is 1.34. The van der Waals surface area contributed by atoms with Gasteiger partial charge in [-0.2, -0.15) is 0 Å². The lowest BCUT2D eigenvalue weighted by Gasteiger charge is -2.04. The highest BCUT2D eigenvalue weighted by Gasteiger charge is 2.15. The summed E-state index contributed by atoms with van der Waals surface area (Å²) in [5.74, 6) is -1.25. The highest BCUT2D eigenvalue weighted by atomic mass is 79.9. The second kappa shape index (κ2) is 5.45. The smallest absolute Gasteiger partial charge is 0.271 e. The summed E-state index contributed by atoms with van der Waals surface area (Å²) in [6, 6.07) is 6.21. The van der Waals surface area contributed by atoms with Crippen LogP contribution in [0.1, 0.15) is 9.67 Å². The largest absolute Gasteiger partial charge is 0.319 e. The lowest BCUT2D eigenvalue weighted by Crippen LogP contribution is -2.11. The van der Waals surface area contributed by atoms with Crippen LogP contribution in [-0.4, -0.2) is 10.8 Å². The summed E-state index contributed by atoms with van der Waals surface area (Å²) in [5, 5.41) is 12.9. The number of non-ortho nitro benzene ring substituents is 1. The van der Waals surface area contributed by atoms with Crippen LogP contribution in [0.3, 0.4) is 0 Å². The highest BCUT2D eigenvalue weighted by molar-refractivity contribution is 9.11. The molecular formula is C11H6BrFN2O3S. The first-order valence-electron chi connectivity index (χ1n) is 4.98. The van der Waals surface area contributed by atoms with Gasteiger partial charge in [-0.1, -0.05) is 0 Å². The van der Waals surface area contributed by atoms with Gasteiger partial charge in [-0.05, 0) is 34.1 Å². The number of hydrogen-bond acceptors (Lipinski definition) is 4. The number of carbonyl (C=O) groups is 1. The molecule has 0 fully saturated rings. The van der Waals surface area contributed by atoms with E-state index in [2.05, 4.69) is 21.2 Å². The Balaban J connectivity index is 2.25. The Bertz CT molecular complexity index is 659. The fourth-order valence-corrected chi connectivity index (χ4v) is 2.62. The third-order valence-corrected chi connectivity index (χ3v) is 3.83. The average Bonchev–Trinajstić information content (AvgIpc) is 2.78. The normalized spacial score (nSPS) is 10.2. The molecule has 1 N–H and O–H groups in total. The lowest BCUT2D eigenvalue weighted by molar-refractivity contribution is -0.384. The Morgan fingerprint density at radius 1 is 1.37 bits per heavy atom. The van der Waals surface area contributed by atoms with Crippen molar-refractivity contribution in [3.8, 4) is 0 Å². The summed E-state index contributed by atoms with van der Waals surface area (Å²) in [5.41, 5.74) is -0.507. The molecule has 0 saturated heterocycles. The zero-order valence-corrected chi connectivity index (χ0v) is 11.6.